The summed E-state index contributed by atoms with van der Waals surface area (Å²) in [6, 6.07) is 6.74. The van der Waals surface area contributed by atoms with Crippen LogP contribution in [0.1, 0.15) is 18.4 Å². The molecule has 0 saturated carbocycles. The fraction of sp³-hybridized carbons (Fsp3) is 0.333. The van der Waals surface area contributed by atoms with Gasteiger partial charge in [-0.1, -0.05) is 12.1 Å². The second-order valence-electron chi connectivity index (χ2n) is 5.32. The Labute approximate surface area is 139 Å². The summed E-state index contributed by atoms with van der Waals surface area (Å²) in [6.45, 7) is 1.51. The smallest absolute Gasteiger partial charge is 0.263 e. The molecule has 122 valence electrons. The van der Waals surface area contributed by atoms with Gasteiger partial charge in [0.25, 0.3) is 10.0 Å². The molecule has 2 aromatic rings. The van der Waals surface area contributed by atoms with Crippen LogP contribution in [0.15, 0.2) is 40.7 Å². The second-order valence-corrected chi connectivity index (χ2v) is 7.90. The van der Waals surface area contributed by atoms with Crippen LogP contribution in [0.5, 0.6) is 0 Å². The molecule has 0 unspecified atom stereocenters. The zero-order valence-corrected chi connectivity index (χ0v) is 14.1. The van der Waals surface area contributed by atoms with Crippen molar-refractivity contribution in [2.75, 3.05) is 17.8 Å². The van der Waals surface area contributed by atoms with Crippen molar-refractivity contribution in [3.8, 4) is 0 Å². The minimum Gasteiger partial charge on any atom is -0.342 e. The Morgan fingerprint density at radius 3 is 2.65 bits per heavy atom. The molecular formula is C15H17N3O3S2. The lowest BCUT2D eigenvalue weighted by atomic mass is 10.1. The van der Waals surface area contributed by atoms with Crippen molar-refractivity contribution in [3.05, 3.63) is 41.4 Å². The molecule has 1 aliphatic rings. The van der Waals surface area contributed by atoms with Crippen LogP contribution in [0.2, 0.25) is 0 Å². The molecule has 0 aliphatic carbocycles. The highest BCUT2D eigenvalue weighted by Gasteiger charge is 2.19. The van der Waals surface area contributed by atoms with Gasteiger partial charge >= 0.3 is 0 Å². The first-order valence-electron chi connectivity index (χ1n) is 7.34. The number of likely N-dealkylation sites (tertiary alicyclic amines) is 1. The molecule has 6 nitrogen and oxygen atoms in total. The largest absolute Gasteiger partial charge is 0.342 e. The van der Waals surface area contributed by atoms with Crippen LogP contribution < -0.4 is 4.72 Å². The molecule has 1 aromatic carbocycles. The number of anilines is 1. The van der Waals surface area contributed by atoms with E-state index in [9.17, 15) is 13.2 Å². The van der Waals surface area contributed by atoms with Gasteiger partial charge in [0.05, 0.1) is 4.90 Å². The number of nitrogens with one attached hydrogen (secondary N) is 1. The van der Waals surface area contributed by atoms with Gasteiger partial charge in [-0.15, -0.1) is 11.3 Å². The predicted molar refractivity (Wildman–Crippen MR) is 88.9 cm³/mol. The molecule has 1 saturated heterocycles. The van der Waals surface area contributed by atoms with E-state index >= 15 is 0 Å². The maximum atomic E-state index is 12.2. The molecule has 0 atom stereocenters. The number of rotatable bonds is 6. The first-order valence-corrected chi connectivity index (χ1v) is 9.70. The summed E-state index contributed by atoms with van der Waals surface area (Å²) in [7, 11) is -3.61. The highest BCUT2D eigenvalue weighted by molar-refractivity contribution is 7.93. The van der Waals surface area contributed by atoms with Crippen molar-refractivity contribution < 1.29 is 13.2 Å². The Morgan fingerprint density at radius 1 is 1.26 bits per heavy atom. The fourth-order valence-electron chi connectivity index (χ4n) is 2.49. The van der Waals surface area contributed by atoms with Crippen LogP contribution in [0.25, 0.3) is 0 Å². The molecule has 3 rings (SSSR count). The zero-order valence-electron chi connectivity index (χ0n) is 12.4. The average molecular weight is 351 g/mol. The third-order valence-corrected chi connectivity index (χ3v) is 5.90. The lowest BCUT2D eigenvalue weighted by molar-refractivity contribution is -0.127. The van der Waals surface area contributed by atoms with Gasteiger partial charge < -0.3 is 4.90 Å². The molecule has 0 spiro atoms. The third kappa shape index (κ3) is 3.89. The Bertz CT molecular complexity index is 771. The highest BCUT2D eigenvalue weighted by Crippen LogP contribution is 2.19. The molecule has 1 N–H and O–H groups in total. The van der Waals surface area contributed by atoms with E-state index in [1.54, 1.807) is 35.8 Å². The van der Waals surface area contributed by atoms with Crippen molar-refractivity contribution >= 4 is 32.4 Å². The Morgan fingerprint density at radius 2 is 2.04 bits per heavy atom. The van der Waals surface area contributed by atoms with E-state index in [1.807, 2.05) is 4.90 Å². The monoisotopic (exact) mass is 351 g/mol. The van der Waals surface area contributed by atoms with Crippen molar-refractivity contribution in [2.24, 2.45) is 0 Å². The molecule has 8 heteroatoms. The maximum Gasteiger partial charge on any atom is 0.263 e. The molecule has 1 fully saturated rings. The first kappa shape index (κ1) is 15.9. The topological polar surface area (TPSA) is 79.4 Å². The van der Waals surface area contributed by atoms with E-state index < -0.39 is 10.0 Å². The fourth-order valence-corrected chi connectivity index (χ4v) is 4.28. The molecule has 1 aromatic heterocycles. The van der Waals surface area contributed by atoms with E-state index in [0.717, 1.165) is 24.9 Å². The van der Waals surface area contributed by atoms with E-state index in [2.05, 4.69) is 9.71 Å². The number of benzene rings is 1. The van der Waals surface area contributed by atoms with Crippen LogP contribution in [0.4, 0.5) is 5.13 Å². The van der Waals surface area contributed by atoms with Gasteiger partial charge in [-0.2, -0.15) is 0 Å². The average Bonchev–Trinajstić information content (AvgIpc) is 3.17. The van der Waals surface area contributed by atoms with Crippen molar-refractivity contribution in [2.45, 2.75) is 24.2 Å². The molecule has 1 amide bonds. The zero-order chi connectivity index (χ0) is 16.3. The number of carbonyl (C=O) groups is 1. The lowest BCUT2D eigenvalue weighted by Gasteiger charge is -2.15. The number of aromatic nitrogens is 1. The van der Waals surface area contributed by atoms with Gasteiger partial charge in [-0.05, 0) is 30.5 Å². The van der Waals surface area contributed by atoms with Crippen LogP contribution in [-0.4, -0.2) is 37.3 Å². The summed E-state index contributed by atoms with van der Waals surface area (Å²) < 4.78 is 26.9. The van der Waals surface area contributed by atoms with Gasteiger partial charge in [0, 0.05) is 31.1 Å². The quantitative estimate of drug-likeness (QED) is 0.864. The molecule has 0 bridgehead atoms. The Kier molecular flexibility index (Phi) is 4.63. The summed E-state index contributed by atoms with van der Waals surface area (Å²) in [6.07, 6.45) is 3.84. The lowest BCUT2D eigenvalue weighted by Crippen LogP contribution is -2.26. The molecule has 0 radical (unpaired) electrons. The van der Waals surface area contributed by atoms with Crippen LogP contribution in [0.3, 0.4) is 0 Å². The first-order chi connectivity index (χ1) is 11.0. The summed E-state index contributed by atoms with van der Waals surface area (Å²) in [5, 5.41) is 2.06. The number of hydrogen-bond donors (Lipinski definition) is 1. The number of amides is 1. The van der Waals surface area contributed by atoms with Crippen LogP contribution in [0, 0.1) is 0 Å². The normalized spacial score (nSPS) is 15.1. The van der Waals surface area contributed by atoms with E-state index in [1.165, 1.54) is 11.3 Å². The molecular weight excluding hydrogens is 334 g/mol. The minimum absolute atomic E-state index is 0.202. The van der Waals surface area contributed by atoms with Gasteiger partial charge in [-0.25, -0.2) is 13.4 Å². The summed E-state index contributed by atoms with van der Waals surface area (Å²) >= 11 is 1.23. The summed E-state index contributed by atoms with van der Waals surface area (Å²) in [4.78, 5) is 17.5. The number of nitrogens with zero attached hydrogens (tertiary/aromatic N) is 2. The molecule has 23 heavy (non-hydrogen) atoms. The second kappa shape index (κ2) is 6.67. The predicted octanol–water partition coefficient (Wildman–Crippen LogP) is 2.11. The van der Waals surface area contributed by atoms with Crippen LogP contribution >= 0.6 is 11.3 Å². The van der Waals surface area contributed by atoms with E-state index in [4.69, 9.17) is 0 Å². The number of thiazole rings is 1. The summed E-state index contributed by atoms with van der Waals surface area (Å²) in [5.74, 6) is 0.205. The maximum absolute atomic E-state index is 12.2. The Hall–Kier alpha value is -1.93. The summed E-state index contributed by atoms with van der Waals surface area (Å²) in [5.41, 5.74) is 1.01. The molecule has 2 heterocycles. The van der Waals surface area contributed by atoms with Gasteiger partial charge in [0.15, 0.2) is 5.13 Å². The minimum atomic E-state index is -3.61. The highest BCUT2D eigenvalue weighted by atomic mass is 32.2. The van der Waals surface area contributed by atoms with E-state index in [0.29, 0.717) is 18.1 Å². The standard InChI is InChI=1S/C15H17N3O3S2/c19-14-2-1-9-18(14)10-7-12-3-5-13(6-4-12)23(20,21)17-15-16-8-11-22-15/h3-6,8,11H,1-2,7,9-10H2,(H,16,17). The Balaban J connectivity index is 1.63. The van der Waals surface area contributed by atoms with Crippen molar-refractivity contribution in [1.29, 1.82) is 0 Å². The van der Waals surface area contributed by atoms with Gasteiger partial charge in [0.2, 0.25) is 5.91 Å². The van der Waals surface area contributed by atoms with Crippen molar-refractivity contribution in [3.63, 3.8) is 0 Å². The van der Waals surface area contributed by atoms with Gasteiger partial charge in [-0.3, -0.25) is 9.52 Å². The third-order valence-electron chi connectivity index (χ3n) is 3.73. The van der Waals surface area contributed by atoms with Crippen molar-refractivity contribution in [1.82, 2.24) is 9.88 Å². The SMILES string of the molecule is O=C1CCCN1CCc1ccc(S(=O)(=O)Nc2nccs2)cc1. The van der Waals surface area contributed by atoms with E-state index in [-0.39, 0.29) is 10.8 Å². The number of carbonyl (C=O) groups excluding carboxylic acids is 1. The van der Waals surface area contributed by atoms with Gasteiger partial charge in [0.1, 0.15) is 0 Å². The molecule has 1 aliphatic heterocycles. The van der Waals surface area contributed by atoms with Crippen LogP contribution in [-0.2, 0) is 21.2 Å². The number of hydrogen-bond acceptors (Lipinski definition) is 5. The number of sulfonamides is 1.